The predicted octanol–water partition coefficient (Wildman–Crippen LogP) is 13.2. The molecule has 0 amide bonds. The fourth-order valence-corrected chi connectivity index (χ4v) is 7.58. The molecule has 0 saturated heterocycles. The molecule has 0 fully saturated rings. The van der Waals surface area contributed by atoms with Crippen LogP contribution in [0.1, 0.15) is 239 Å². The smallest absolute Gasteiger partial charge is 0.462 e. The lowest BCUT2D eigenvalue weighted by molar-refractivity contribution is -0.161. The molecule has 0 aliphatic rings. The summed E-state index contributed by atoms with van der Waals surface area (Å²) in [5.74, 6) is -0.821. The van der Waals surface area contributed by atoms with E-state index in [0.29, 0.717) is 6.42 Å². The highest BCUT2D eigenvalue weighted by atomic mass is 31.2. The second-order valence-electron chi connectivity index (χ2n) is 15.6. The van der Waals surface area contributed by atoms with Crippen LogP contribution in [0.5, 0.6) is 0 Å². The van der Waals surface area contributed by atoms with E-state index in [0.717, 1.165) is 32.1 Å². The fraction of sp³-hybridized carbons (Fsp3) is 0.955. The van der Waals surface area contributed by atoms with Crippen LogP contribution >= 0.6 is 7.82 Å². The van der Waals surface area contributed by atoms with Gasteiger partial charge in [0.25, 0.3) is 0 Å². The Morgan fingerprint density at radius 1 is 0.481 bits per heavy atom. The van der Waals surface area contributed by atoms with Crippen LogP contribution in [0.25, 0.3) is 0 Å². The minimum Gasteiger partial charge on any atom is -0.462 e. The number of carbonyl (C=O) groups is 2. The number of carbonyl (C=O) groups excluding carboxylic acids is 2. The molecule has 9 nitrogen and oxygen atoms in total. The monoisotopic (exact) mass is 790 g/mol. The van der Waals surface area contributed by atoms with Crippen LogP contribution in [0, 0.1) is 0 Å². The lowest BCUT2D eigenvalue weighted by atomic mass is 10.0. The Morgan fingerprint density at radius 3 is 1.13 bits per heavy atom. The number of rotatable bonds is 44. The molecule has 0 rings (SSSR count). The summed E-state index contributed by atoms with van der Waals surface area (Å²) in [4.78, 5) is 34.7. The van der Waals surface area contributed by atoms with Crippen molar-refractivity contribution < 1.29 is 37.6 Å². The Morgan fingerprint density at radius 2 is 0.796 bits per heavy atom. The number of phosphoric acid groups is 1. The van der Waals surface area contributed by atoms with Gasteiger partial charge in [-0.1, -0.05) is 213 Å². The van der Waals surface area contributed by atoms with E-state index in [1.54, 1.807) is 0 Å². The van der Waals surface area contributed by atoms with Gasteiger partial charge in [-0.15, -0.1) is 0 Å². The molecular formula is C44H88NO8P. The summed E-state index contributed by atoms with van der Waals surface area (Å²) in [5.41, 5.74) is 5.34. The lowest BCUT2D eigenvalue weighted by Crippen LogP contribution is -2.29. The Hall–Kier alpha value is -0.990. The van der Waals surface area contributed by atoms with Crippen LogP contribution in [-0.4, -0.2) is 49.3 Å². The van der Waals surface area contributed by atoms with Crippen molar-refractivity contribution in [3.63, 3.8) is 0 Å². The van der Waals surface area contributed by atoms with Crippen molar-refractivity contribution >= 4 is 19.8 Å². The summed E-state index contributed by atoms with van der Waals surface area (Å²) in [6.07, 6.45) is 41.8. The topological polar surface area (TPSA) is 134 Å². The molecule has 0 aromatic rings. The maximum absolute atomic E-state index is 12.6. The van der Waals surface area contributed by atoms with Gasteiger partial charge in [-0.3, -0.25) is 18.6 Å². The maximum Gasteiger partial charge on any atom is 0.472 e. The van der Waals surface area contributed by atoms with Gasteiger partial charge in [0.2, 0.25) is 0 Å². The van der Waals surface area contributed by atoms with Crippen molar-refractivity contribution in [2.24, 2.45) is 5.73 Å². The molecule has 2 atom stereocenters. The normalized spacial score (nSPS) is 13.2. The highest BCUT2D eigenvalue weighted by molar-refractivity contribution is 7.47. The number of hydrogen-bond acceptors (Lipinski definition) is 8. The Balaban J connectivity index is 3.84. The summed E-state index contributed by atoms with van der Waals surface area (Å²) in [6, 6.07) is 0. The van der Waals surface area contributed by atoms with Gasteiger partial charge in [0.15, 0.2) is 6.10 Å². The molecule has 0 radical (unpaired) electrons. The van der Waals surface area contributed by atoms with E-state index in [4.69, 9.17) is 24.3 Å². The first kappa shape index (κ1) is 53.0. The first-order valence-electron chi connectivity index (χ1n) is 23.0. The van der Waals surface area contributed by atoms with Crippen LogP contribution in [-0.2, 0) is 32.7 Å². The fourth-order valence-electron chi connectivity index (χ4n) is 6.81. The van der Waals surface area contributed by atoms with Gasteiger partial charge in [-0.25, -0.2) is 4.57 Å². The second kappa shape index (κ2) is 41.6. The first-order valence-corrected chi connectivity index (χ1v) is 24.5. The molecule has 3 N–H and O–H groups in total. The largest absolute Gasteiger partial charge is 0.472 e. The summed E-state index contributed by atoms with van der Waals surface area (Å²) in [7, 11) is -4.36. The van der Waals surface area contributed by atoms with E-state index in [9.17, 15) is 19.0 Å². The van der Waals surface area contributed by atoms with Crippen molar-refractivity contribution in [1.29, 1.82) is 0 Å². The highest BCUT2D eigenvalue weighted by Crippen LogP contribution is 2.43. The molecule has 0 aliphatic carbocycles. The maximum atomic E-state index is 12.6. The van der Waals surface area contributed by atoms with Crippen molar-refractivity contribution in [2.45, 2.75) is 245 Å². The molecule has 322 valence electrons. The zero-order chi connectivity index (χ0) is 39.6. The minimum absolute atomic E-state index is 0.0577. The first-order chi connectivity index (χ1) is 26.3. The van der Waals surface area contributed by atoms with Gasteiger partial charge in [0.05, 0.1) is 13.2 Å². The van der Waals surface area contributed by atoms with Gasteiger partial charge in [-0.05, 0) is 12.8 Å². The summed E-state index contributed by atoms with van der Waals surface area (Å²) in [6.45, 7) is 3.72. The van der Waals surface area contributed by atoms with Crippen LogP contribution in [0.3, 0.4) is 0 Å². The molecule has 0 aromatic carbocycles. The predicted molar refractivity (Wildman–Crippen MR) is 225 cm³/mol. The summed E-state index contributed by atoms with van der Waals surface area (Å²) < 4.78 is 32.6. The third kappa shape index (κ3) is 40.7. The SMILES string of the molecule is CCCCCCCCCCCCCCCCCCCCCCCCCCCCC(=O)OC(COC(=O)CCCCCCCCC)COP(=O)(O)OCCN. The number of unbranched alkanes of at least 4 members (excludes halogenated alkanes) is 31. The van der Waals surface area contributed by atoms with E-state index in [1.807, 2.05) is 0 Å². The standard InChI is InChI=1S/C44H88NO8P/c1-3-5-7-9-11-12-13-14-15-16-17-18-19-20-21-22-23-24-25-26-27-28-29-31-33-35-37-44(47)53-42(41-52-54(48,49)51-39-38-45)40-50-43(46)36-34-32-30-10-8-6-4-2/h42H,3-41,45H2,1-2H3,(H,48,49). The number of hydrogen-bond donors (Lipinski definition) is 2. The molecule has 0 spiro atoms. The van der Waals surface area contributed by atoms with Crippen LogP contribution in [0.2, 0.25) is 0 Å². The number of esters is 2. The molecule has 0 aromatic heterocycles. The van der Waals surface area contributed by atoms with Gasteiger partial charge < -0.3 is 20.1 Å². The van der Waals surface area contributed by atoms with E-state index >= 15 is 0 Å². The minimum atomic E-state index is -4.36. The Kier molecular flexibility index (Phi) is 40.9. The third-order valence-corrected chi connectivity index (χ3v) is 11.2. The number of ether oxygens (including phenoxy) is 2. The summed E-state index contributed by atoms with van der Waals surface area (Å²) >= 11 is 0. The molecular weight excluding hydrogens is 701 g/mol. The Labute approximate surface area is 333 Å². The molecule has 2 unspecified atom stereocenters. The van der Waals surface area contributed by atoms with Crippen molar-refractivity contribution in [3.05, 3.63) is 0 Å². The molecule has 0 heterocycles. The quantitative estimate of drug-likeness (QED) is 0.0351. The highest BCUT2D eigenvalue weighted by Gasteiger charge is 2.26. The van der Waals surface area contributed by atoms with Crippen LogP contribution in [0.15, 0.2) is 0 Å². The second-order valence-corrected chi connectivity index (χ2v) is 17.1. The van der Waals surface area contributed by atoms with Crippen molar-refractivity contribution in [3.8, 4) is 0 Å². The Bertz CT molecular complexity index is 860. The molecule has 54 heavy (non-hydrogen) atoms. The average Bonchev–Trinajstić information content (AvgIpc) is 3.16. The summed E-state index contributed by atoms with van der Waals surface area (Å²) in [5, 5.41) is 0. The molecule has 0 bridgehead atoms. The molecule has 10 heteroatoms. The average molecular weight is 790 g/mol. The van der Waals surface area contributed by atoms with Crippen molar-refractivity contribution in [2.75, 3.05) is 26.4 Å². The van der Waals surface area contributed by atoms with Gasteiger partial charge >= 0.3 is 19.8 Å². The van der Waals surface area contributed by atoms with Crippen LogP contribution < -0.4 is 5.73 Å². The van der Waals surface area contributed by atoms with E-state index in [1.165, 1.54) is 173 Å². The van der Waals surface area contributed by atoms with Crippen molar-refractivity contribution in [1.82, 2.24) is 0 Å². The number of nitrogens with two attached hydrogens (primary N) is 1. The molecule has 0 saturated carbocycles. The number of phosphoric ester groups is 1. The van der Waals surface area contributed by atoms with E-state index < -0.39 is 26.5 Å². The lowest BCUT2D eigenvalue weighted by Gasteiger charge is -2.19. The zero-order valence-electron chi connectivity index (χ0n) is 35.5. The van der Waals surface area contributed by atoms with Crippen LogP contribution in [0.4, 0.5) is 0 Å². The third-order valence-electron chi connectivity index (χ3n) is 10.2. The van der Waals surface area contributed by atoms with Gasteiger partial charge in [-0.2, -0.15) is 0 Å². The van der Waals surface area contributed by atoms with E-state index in [-0.39, 0.29) is 38.6 Å². The van der Waals surface area contributed by atoms with E-state index in [2.05, 4.69) is 13.8 Å². The van der Waals surface area contributed by atoms with Gasteiger partial charge in [0, 0.05) is 19.4 Å². The van der Waals surface area contributed by atoms with Gasteiger partial charge in [0.1, 0.15) is 6.61 Å². The molecule has 0 aliphatic heterocycles. The zero-order valence-corrected chi connectivity index (χ0v) is 36.4.